The van der Waals surface area contributed by atoms with Crippen LogP contribution in [0.1, 0.15) is 31.3 Å². The van der Waals surface area contributed by atoms with Crippen molar-refractivity contribution in [1.82, 2.24) is 4.90 Å². The number of alkyl halides is 2. The van der Waals surface area contributed by atoms with Gasteiger partial charge in [0.05, 0.1) is 6.61 Å². The van der Waals surface area contributed by atoms with Crippen LogP contribution in [0.4, 0.5) is 20.2 Å². The highest BCUT2D eigenvalue weighted by atomic mass is 19.3. The van der Waals surface area contributed by atoms with E-state index < -0.39 is 29.8 Å². The zero-order valence-corrected chi connectivity index (χ0v) is 16.1. The number of rotatable bonds is 7. The van der Waals surface area contributed by atoms with E-state index in [0.29, 0.717) is 12.3 Å². The van der Waals surface area contributed by atoms with Crippen molar-refractivity contribution in [1.29, 1.82) is 0 Å². The summed E-state index contributed by atoms with van der Waals surface area (Å²) >= 11 is 0. The van der Waals surface area contributed by atoms with Crippen LogP contribution in [0.15, 0.2) is 18.2 Å². The first-order chi connectivity index (χ1) is 13.8. The summed E-state index contributed by atoms with van der Waals surface area (Å²) in [6.45, 7) is 0.446. The number of ether oxygens (including phenoxy) is 1. The van der Waals surface area contributed by atoms with E-state index in [4.69, 9.17) is 10.5 Å². The molecule has 3 amide bonds. The van der Waals surface area contributed by atoms with E-state index in [1.54, 1.807) is 11.9 Å². The first-order valence-electron chi connectivity index (χ1n) is 9.42. The molecule has 158 valence electrons. The van der Waals surface area contributed by atoms with Crippen molar-refractivity contribution in [2.75, 3.05) is 37.0 Å². The predicted molar refractivity (Wildman–Crippen MR) is 102 cm³/mol. The summed E-state index contributed by atoms with van der Waals surface area (Å²) in [5, 5.41) is 2.41. The van der Waals surface area contributed by atoms with Gasteiger partial charge in [0.2, 0.25) is 5.91 Å². The first-order valence-corrected chi connectivity index (χ1v) is 9.42. The van der Waals surface area contributed by atoms with E-state index in [-0.39, 0.29) is 30.8 Å². The van der Waals surface area contributed by atoms with Gasteiger partial charge >= 0.3 is 0 Å². The zero-order valence-electron chi connectivity index (χ0n) is 16.1. The summed E-state index contributed by atoms with van der Waals surface area (Å²) in [6.07, 6.45) is -0.201. The van der Waals surface area contributed by atoms with E-state index in [9.17, 15) is 23.2 Å². The number of hydrogen-bond acceptors (Lipinski definition) is 5. The molecule has 0 bridgehead atoms. The molecule has 2 aliphatic rings. The molecule has 0 unspecified atom stereocenters. The number of anilines is 2. The summed E-state index contributed by atoms with van der Waals surface area (Å²) in [5.74, 6) is -1.93. The molecule has 1 atom stereocenters. The monoisotopic (exact) mass is 410 g/mol. The first kappa shape index (κ1) is 21.1. The fourth-order valence-electron chi connectivity index (χ4n) is 3.52. The van der Waals surface area contributed by atoms with Gasteiger partial charge < -0.3 is 20.7 Å². The summed E-state index contributed by atoms with van der Waals surface area (Å²) in [5.41, 5.74) is 5.13. The quantitative estimate of drug-likeness (QED) is 0.659. The van der Waals surface area contributed by atoms with Crippen LogP contribution in [-0.4, -0.2) is 61.5 Å². The molecule has 1 aliphatic carbocycles. The molecular formula is C19H24F2N4O4. The maximum absolute atomic E-state index is 13.7. The number of morpholine rings is 1. The summed E-state index contributed by atoms with van der Waals surface area (Å²) in [6, 6.07) is 2.74. The number of carbonyl (C=O) groups excluding carboxylic acids is 3. The van der Waals surface area contributed by atoms with Gasteiger partial charge in [-0.25, -0.2) is 8.78 Å². The van der Waals surface area contributed by atoms with Gasteiger partial charge in [0, 0.05) is 29.5 Å². The number of halogens is 2. The second-order valence-electron chi connectivity index (χ2n) is 7.21. The highest BCUT2D eigenvalue weighted by molar-refractivity contribution is 6.10. The number of nitrogens with one attached hydrogen (secondary N) is 1. The van der Waals surface area contributed by atoms with Gasteiger partial charge in [-0.3, -0.25) is 19.3 Å². The van der Waals surface area contributed by atoms with E-state index in [1.165, 1.54) is 23.1 Å². The van der Waals surface area contributed by atoms with E-state index in [2.05, 4.69) is 5.32 Å². The Balaban J connectivity index is 1.82. The van der Waals surface area contributed by atoms with Crippen LogP contribution in [0.25, 0.3) is 0 Å². The molecule has 10 heteroatoms. The normalized spacial score (nSPS) is 18.7. The SMILES string of the molecule is CN(C1CCC1)[C@H](C(N)=O)C(=O)Nc1ccc(N2CCOCC2=O)cc1C(F)F. The van der Waals surface area contributed by atoms with Crippen LogP contribution in [0.2, 0.25) is 0 Å². The average molecular weight is 410 g/mol. The van der Waals surface area contributed by atoms with Crippen LogP contribution in [0, 0.1) is 0 Å². The Morgan fingerprint density at radius 2 is 2.07 bits per heavy atom. The minimum atomic E-state index is -2.89. The van der Waals surface area contributed by atoms with Gasteiger partial charge in [-0.15, -0.1) is 0 Å². The number of carbonyl (C=O) groups is 3. The Morgan fingerprint density at radius 3 is 2.62 bits per heavy atom. The fourth-order valence-corrected chi connectivity index (χ4v) is 3.52. The number of amides is 3. The highest BCUT2D eigenvalue weighted by Gasteiger charge is 2.36. The minimum Gasteiger partial charge on any atom is -0.370 e. The minimum absolute atomic E-state index is 0.0579. The number of likely N-dealkylation sites (N-methyl/N-ethyl adjacent to an activating group) is 1. The molecule has 1 aromatic rings. The number of nitrogens with two attached hydrogens (primary N) is 1. The van der Waals surface area contributed by atoms with Gasteiger partial charge in [0.1, 0.15) is 6.61 Å². The lowest BCUT2D eigenvalue weighted by Crippen LogP contribution is -2.55. The van der Waals surface area contributed by atoms with Gasteiger partial charge in [-0.2, -0.15) is 0 Å². The maximum Gasteiger partial charge on any atom is 0.265 e. The number of nitrogens with zero attached hydrogens (tertiary/aromatic N) is 2. The third-order valence-electron chi connectivity index (χ3n) is 5.40. The van der Waals surface area contributed by atoms with E-state index in [0.717, 1.165) is 19.3 Å². The molecule has 3 rings (SSSR count). The van der Waals surface area contributed by atoms with Crippen molar-refractivity contribution < 1.29 is 27.9 Å². The standard InChI is InChI=1S/C19H24F2N4O4/c1-24(11-3-2-4-11)16(18(22)27)19(28)23-14-6-5-12(9-13(14)17(20)21)25-7-8-29-10-15(25)26/h5-6,9,11,16-17H,2-4,7-8,10H2,1H3,(H2,22,27)(H,23,28)/t16-/m1/s1. The van der Waals surface area contributed by atoms with Crippen LogP contribution < -0.4 is 16.0 Å². The Morgan fingerprint density at radius 1 is 1.34 bits per heavy atom. The molecule has 3 N–H and O–H groups in total. The summed E-state index contributed by atoms with van der Waals surface area (Å²) < 4.78 is 32.3. The van der Waals surface area contributed by atoms with Gasteiger partial charge in [0.15, 0.2) is 6.04 Å². The molecule has 1 saturated heterocycles. The van der Waals surface area contributed by atoms with Crippen LogP contribution in [-0.2, 0) is 19.1 Å². The third-order valence-corrected chi connectivity index (χ3v) is 5.40. The van der Waals surface area contributed by atoms with Crippen LogP contribution in [0.3, 0.4) is 0 Å². The summed E-state index contributed by atoms with van der Waals surface area (Å²) in [4.78, 5) is 39.4. The highest BCUT2D eigenvalue weighted by Crippen LogP contribution is 2.32. The molecular weight excluding hydrogens is 386 g/mol. The lowest BCUT2D eigenvalue weighted by Gasteiger charge is -2.38. The van der Waals surface area contributed by atoms with Crippen molar-refractivity contribution in [2.45, 2.75) is 37.8 Å². The van der Waals surface area contributed by atoms with E-state index >= 15 is 0 Å². The number of primary amides is 1. The number of benzene rings is 1. The van der Waals surface area contributed by atoms with Gasteiger partial charge in [-0.05, 0) is 38.1 Å². The van der Waals surface area contributed by atoms with Crippen molar-refractivity contribution in [2.24, 2.45) is 5.73 Å². The van der Waals surface area contributed by atoms with Crippen molar-refractivity contribution in [3.8, 4) is 0 Å². The van der Waals surface area contributed by atoms with Crippen LogP contribution in [0.5, 0.6) is 0 Å². The predicted octanol–water partition coefficient (Wildman–Crippen LogP) is 1.26. The molecule has 0 spiro atoms. The molecule has 1 heterocycles. The molecule has 2 fully saturated rings. The zero-order chi connectivity index (χ0) is 21.1. The van der Waals surface area contributed by atoms with Crippen molar-refractivity contribution in [3.63, 3.8) is 0 Å². The van der Waals surface area contributed by atoms with E-state index in [1.807, 2.05) is 0 Å². The Hall–Kier alpha value is -2.59. The maximum atomic E-state index is 13.7. The molecule has 1 aliphatic heterocycles. The topological polar surface area (TPSA) is 105 Å². The smallest absolute Gasteiger partial charge is 0.265 e. The van der Waals surface area contributed by atoms with Crippen molar-refractivity contribution >= 4 is 29.1 Å². The molecule has 1 aromatic carbocycles. The second kappa shape index (κ2) is 8.83. The van der Waals surface area contributed by atoms with Gasteiger partial charge in [0.25, 0.3) is 18.2 Å². The Bertz CT molecular complexity index is 800. The lowest BCUT2D eigenvalue weighted by atomic mass is 9.90. The van der Waals surface area contributed by atoms with Crippen LogP contribution >= 0.6 is 0 Å². The number of hydrogen-bond donors (Lipinski definition) is 2. The Labute approximate surface area is 167 Å². The molecule has 29 heavy (non-hydrogen) atoms. The Kier molecular flexibility index (Phi) is 6.43. The molecule has 8 nitrogen and oxygen atoms in total. The van der Waals surface area contributed by atoms with Gasteiger partial charge in [-0.1, -0.05) is 6.42 Å². The summed E-state index contributed by atoms with van der Waals surface area (Å²) in [7, 11) is 1.62. The lowest BCUT2D eigenvalue weighted by molar-refractivity contribution is -0.133. The largest absolute Gasteiger partial charge is 0.370 e. The second-order valence-corrected chi connectivity index (χ2v) is 7.21. The third kappa shape index (κ3) is 4.54. The fraction of sp³-hybridized carbons (Fsp3) is 0.526. The average Bonchev–Trinajstić information content (AvgIpc) is 2.60. The molecule has 0 radical (unpaired) electrons. The molecule has 1 saturated carbocycles. The molecule has 0 aromatic heterocycles. The van der Waals surface area contributed by atoms with Crippen molar-refractivity contribution in [3.05, 3.63) is 23.8 Å².